The summed E-state index contributed by atoms with van der Waals surface area (Å²) in [6.45, 7) is 6.20. The number of phenols is 1. The Hall–Kier alpha value is -3.85. The standard InChI is InChI=1S/C27H29N3O5S/c1-27(2,3)28-25(32)18-7-5-17(6-8-18)19-9-11-22-20(15-19)13-14-30(26(22)33)21-10-12-24(31)23(16-21)29-36(4,34)35/h5-12,15-16,29,31H,13-14H2,1-4H3,(H,28,32). The summed E-state index contributed by atoms with van der Waals surface area (Å²) in [4.78, 5) is 27.2. The van der Waals surface area contributed by atoms with Crippen LogP contribution >= 0.6 is 0 Å². The fourth-order valence-corrected chi connectivity index (χ4v) is 4.68. The number of nitrogens with one attached hydrogen (secondary N) is 2. The molecule has 4 rings (SSSR count). The van der Waals surface area contributed by atoms with E-state index in [1.807, 2.05) is 45.0 Å². The minimum atomic E-state index is -3.59. The van der Waals surface area contributed by atoms with Gasteiger partial charge in [0.2, 0.25) is 10.0 Å². The zero-order valence-electron chi connectivity index (χ0n) is 20.6. The maximum Gasteiger partial charge on any atom is 0.258 e. The van der Waals surface area contributed by atoms with Crippen LogP contribution in [-0.4, -0.2) is 43.7 Å². The van der Waals surface area contributed by atoms with Gasteiger partial charge < -0.3 is 15.3 Å². The third kappa shape index (κ3) is 5.68. The van der Waals surface area contributed by atoms with Crippen LogP contribution in [0.4, 0.5) is 11.4 Å². The molecule has 3 N–H and O–H groups in total. The summed E-state index contributed by atoms with van der Waals surface area (Å²) >= 11 is 0. The van der Waals surface area contributed by atoms with E-state index in [2.05, 4.69) is 10.0 Å². The molecular formula is C27H29N3O5S. The lowest BCUT2D eigenvalue weighted by molar-refractivity contribution is 0.0918. The Morgan fingerprint density at radius 1 is 0.972 bits per heavy atom. The first-order valence-corrected chi connectivity index (χ1v) is 13.4. The van der Waals surface area contributed by atoms with Crippen molar-refractivity contribution in [3.05, 3.63) is 77.4 Å². The summed E-state index contributed by atoms with van der Waals surface area (Å²) in [6.07, 6.45) is 1.60. The number of amides is 2. The molecular weight excluding hydrogens is 478 g/mol. The van der Waals surface area contributed by atoms with E-state index in [0.29, 0.717) is 29.8 Å². The molecule has 8 nitrogen and oxygen atoms in total. The van der Waals surface area contributed by atoms with E-state index >= 15 is 0 Å². The quantitative estimate of drug-likeness (QED) is 0.449. The highest BCUT2D eigenvalue weighted by atomic mass is 32.2. The molecule has 188 valence electrons. The summed E-state index contributed by atoms with van der Waals surface area (Å²) in [6, 6.07) is 17.4. The van der Waals surface area contributed by atoms with E-state index in [0.717, 1.165) is 22.9 Å². The molecule has 1 aliphatic rings. The second-order valence-corrected chi connectivity index (χ2v) is 11.7. The molecule has 2 amide bonds. The number of rotatable bonds is 5. The molecule has 36 heavy (non-hydrogen) atoms. The van der Waals surface area contributed by atoms with Crippen LogP contribution in [0.25, 0.3) is 11.1 Å². The van der Waals surface area contributed by atoms with E-state index in [4.69, 9.17) is 0 Å². The number of nitrogens with zero attached hydrogens (tertiary/aromatic N) is 1. The third-order valence-corrected chi connectivity index (χ3v) is 6.33. The van der Waals surface area contributed by atoms with Crippen LogP contribution in [0.2, 0.25) is 0 Å². The van der Waals surface area contributed by atoms with Crippen molar-refractivity contribution in [1.29, 1.82) is 0 Å². The van der Waals surface area contributed by atoms with Crippen LogP contribution in [0.15, 0.2) is 60.7 Å². The van der Waals surface area contributed by atoms with Gasteiger partial charge in [0, 0.05) is 28.9 Å². The molecule has 3 aromatic carbocycles. The number of carbonyl (C=O) groups excluding carboxylic acids is 2. The molecule has 0 fully saturated rings. The van der Waals surface area contributed by atoms with Gasteiger partial charge in [0.05, 0.1) is 11.9 Å². The normalized spacial score (nSPS) is 13.8. The number of fused-ring (bicyclic) bond motifs is 1. The molecule has 0 saturated carbocycles. The average molecular weight is 508 g/mol. The van der Waals surface area contributed by atoms with Crippen LogP contribution in [0, 0.1) is 0 Å². The first-order valence-electron chi connectivity index (χ1n) is 11.5. The first kappa shape index (κ1) is 25.2. The van der Waals surface area contributed by atoms with Gasteiger partial charge >= 0.3 is 0 Å². The molecule has 0 atom stereocenters. The predicted molar refractivity (Wildman–Crippen MR) is 141 cm³/mol. The summed E-state index contributed by atoms with van der Waals surface area (Å²) in [7, 11) is -3.59. The highest BCUT2D eigenvalue weighted by Gasteiger charge is 2.26. The molecule has 0 unspecified atom stereocenters. The van der Waals surface area contributed by atoms with Crippen LogP contribution in [-0.2, 0) is 16.4 Å². The molecule has 0 aliphatic carbocycles. The second-order valence-electron chi connectivity index (χ2n) is 9.94. The number of aromatic hydroxyl groups is 1. The number of hydrogen-bond donors (Lipinski definition) is 3. The van der Waals surface area contributed by atoms with Crippen molar-refractivity contribution >= 4 is 33.2 Å². The van der Waals surface area contributed by atoms with Crippen LogP contribution < -0.4 is 14.9 Å². The summed E-state index contributed by atoms with van der Waals surface area (Å²) < 4.78 is 25.5. The van der Waals surface area contributed by atoms with Crippen LogP contribution in [0.1, 0.15) is 47.1 Å². The molecule has 1 aliphatic heterocycles. The number of anilines is 2. The van der Waals surface area contributed by atoms with Gasteiger partial charge in [-0.15, -0.1) is 0 Å². The highest BCUT2D eigenvalue weighted by molar-refractivity contribution is 7.92. The van der Waals surface area contributed by atoms with Crippen molar-refractivity contribution in [2.75, 3.05) is 22.4 Å². The van der Waals surface area contributed by atoms with Crippen molar-refractivity contribution in [2.24, 2.45) is 0 Å². The molecule has 0 bridgehead atoms. The van der Waals surface area contributed by atoms with Gasteiger partial charge in [-0.25, -0.2) is 8.42 Å². The molecule has 0 spiro atoms. The smallest absolute Gasteiger partial charge is 0.258 e. The molecule has 3 aromatic rings. The van der Waals surface area contributed by atoms with Crippen molar-refractivity contribution in [1.82, 2.24) is 5.32 Å². The van der Waals surface area contributed by atoms with Gasteiger partial charge in [-0.2, -0.15) is 0 Å². The number of benzene rings is 3. The van der Waals surface area contributed by atoms with Crippen molar-refractivity contribution in [2.45, 2.75) is 32.7 Å². The Bertz CT molecular complexity index is 1440. The third-order valence-electron chi connectivity index (χ3n) is 5.74. The van der Waals surface area contributed by atoms with E-state index in [9.17, 15) is 23.1 Å². The van der Waals surface area contributed by atoms with Gasteiger partial charge in [-0.1, -0.05) is 24.3 Å². The zero-order chi connectivity index (χ0) is 26.3. The van der Waals surface area contributed by atoms with Crippen molar-refractivity contribution in [3.8, 4) is 16.9 Å². The Kier molecular flexibility index (Phi) is 6.53. The zero-order valence-corrected chi connectivity index (χ0v) is 21.4. The number of phenolic OH excluding ortho intramolecular Hbond substituents is 1. The molecule has 1 heterocycles. The van der Waals surface area contributed by atoms with Gasteiger partial charge in [0.25, 0.3) is 11.8 Å². The van der Waals surface area contributed by atoms with Gasteiger partial charge in [0.1, 0.15) is 5.75 Å². The number of carbonyl (C=O) groups is 2. The lowest BCUT2D eigenvalue weighted by Gasteiger charge is -2.29. The van der Waals surface area contributed by atoms with Gasteiger partial charge in [0.15, 0.2) is 0 Å². The summed E-state index contributed by atoms with van der Waals surface area (Å²) in [5.74, 6) is -0.553. The van der Waals surface area contributed by atoms with E-state index < -0.39 is 10.0 Å². The average Bonchev–Trinajstić information content (AvgIpc) is 2.79. The Labute approximate surface area is 211 Å². The highest BCUT2D eigenvalue weighted by Crippen LogP contribution is 2.33. The van der Waals surface area contributed by atoms with E-state index in [1.54, 1.807) is 29.2 Å². The molecule has 9 heteroatoms. The summed E-state index contributed by atoms with van der Waals surface area (Å²) in [5.41, 5.74) is 4.13. The maximum absolute atomic E-state index is 13.3. The van der Waals surface area contributed by atoms with E-state index in [1.165, 1.54) is 12.1 Å². The monoisotopic (exact) mass is 507 g/mol. The van der Waals surface area contributed by atoms with Gasteiger partial charge in [-0.05, 0) is 80.3 Å². The number of sulfonamides is 1. The fraction of sp³-hybridized carbons (Fsp3) is 0.259. The minimum absolute atomic E-state index is 0.0172. The largest absolute Gasteiger partial charge is 0.506 e. The second kappa shape index (κ2) is 9.31. The maximum atomic E-state index is 13.3. The van der Waals surface area contributed by atoms with E-state index in [-0.39, 0.29) is 28.8 Å². The van der Waals surface area contributed by atoms with Crippen molar-refractivity contribution < 1.29 is 23.1 Å². The Balaban J connectivity index is 1.56. The topological polar surface area (TPSA) is 116 Å². The number of hydrogen-bond acceptors (Lipinski definition) is 5. The summed E-state index contributed by atoms with van der Waals surface area (Å²) in [5, 5.41) is 13.0. The van der Waals surface area contributed by atoms with Crippen molar-refractivity contribution in [3.63, 3.8) is 0 Å². The lowest BCUT2D eigenvalue weighted by atomic mass is 9.93. The first-order chi connectivity index (χ1) is 16.8. The van der Waals surface area contributed by atoms with Crippen LogP contribution in [0.3, 0.4) is 0 Å². The minimum Gasteiger partial charge on any atom is -0.506 e. The molecule has 0 aromatic heterocycles. The molecule has 0 radical (unpaired) electrons. The Morgan fingerprint density at radius 3 is 2.28 bits per heavy atom. The van der Waals surface area contributed by atoms with Gasteiger partial charge in [-0.3, -0.25) is 14.3 Å². The fourth-order valence-electron chi connectivity index (χ4n) is 4.11. The van der Waals surface area contributed by atoms with Crippen LogP contribution in [0.5, 0.6) is 5.75 Å². The lowest BCUT2D eigenvalue weighted by Crippen LogP contribution is -2.40. The molecule has 0 saturated heterocycles. The SMILES string of the molecule is CC(C)(C)NC(=O)c1ccc(-c2ccc3c(c2)CCN(c2ccc(O)c(NS(C)(=O)=O)c2)C3=O)cc1. The Morgan fingerprint density at radius 2 is 1.64 bits per heavy atom. The predicted octanol–water partition coefficient (Wildman–Crippen LogP) is 4.16.